The zero-order chi connectivity index (χ0) is 16.5. The van der Waals surface area contributed by atoms with Crippen LogP contribution in [0.4, 0.5) is 0 Å². The highest BCUT2D eigenvalue weighted by Crippen LogP contribution is 2.25. The Morgan fingerprint density at radius 1 is 1.33 bits per heavy atom. The van der Waals surface area contributed by atoms with E-state index in [1.54, 1.807) is 11.3 Å². The molecule has 24 heavy (non-hydrogen) atoms. The zero-order valence-electron chi connectivity index (χ0n) is 13.9. The van der Waals surface area contributed by atoms with E-state index < -0.39 is 0 Å². The van der Waals surface area contributed by atoms with Crippen molar-refractivity contribution in [3.63, 3.8) is 0 Å². The van der Waals surface area contributed by atoms with Crippen LogP contribution in [0.1, 0.15) is 42.5 Å². The standard InChI is InChI=1S/C17H21N5OS/c1-11(2)16-19-17(21-20-16)13-9-22(7-8-23-13)10-15-18-12-5-3-4-6-14(12)24-15/h3-6,11,13H,7-10H2,1-2H3,(H,19,20,21)/t13-/m0/s1. The number of H-pyrrole nitrogens is 1. The number of ether oxygens (including phenoxy) is 1. The number of para-hydroxylation sites is 1. The molecule has 1 aliphatic rings. The molecule has 7 heteroatoms. The summed E-state index contributed by atoms with van der Waals surface area (Å²) >= 11 is 1.77. The minimum absolute atomic E-state index is 0.0480. The minimum atomic E-state index is -0.0480. The predicted octanol–water partition coefficient (Wildman–Crippen LogP) is 3.11. The van der Waals surface area contributed by atoms with Crippen LogP contribution in [-0.4, -0.2) is 44.8 Å². The van der Waals surface area contributed by atoms with Crippen molar-refractivity contribution in [1.29, 1.82) is 0 Å². The molecule has 126 valence electrons. The van der Waals surface area contributed by atoms with Crippen molar-refractivity contribution in [3.05, 3.63) is 40.9 Å². The Morgan fingerprint density at radius 3 is 3.00 bits per heavy atom. The highest BCUT2D eigenvalue weighted by atomic mass is 32.1. The zero-order valence-corrected chi connectivity index (χ0v) is 14.7. The van der Waals surface area contributed by atoms with Crippen LogP contribution in [0.5, 0.6) is 0 Å². The number of fused-ring (bicyclic) bond motifs is 1. The summed E-state index contributed by atoms with van der Waals surface area (Å²) in [4.78, 5) is 11.7. The van der Waals surface area contributed by atoms with Crippen molar-refractivity contribution in [1.82, 2.24) is 25.1 Å². The molecule has 1 aliphatic heterocycles. The van der Waals surface area contributed by atoms with Crippen LogP contribution >= 0.6 is 11.3 Å². The van der Waals surface area contributed by atoms with Gasteiger partial charge in [-0.25, -0.2) is 9.97 Å². The quantitative estimate of drug-likeness (QED) is 0.788. The smallest absolute Gasteiger partial charge is 0.155 e. The Hall–Kier alpha value is -1.83. The maximum atomic E-state index is 5.89. The monoisotopic (exact) mass is 343 g/mol. The van der Waals surface area contributed by atoms with Gasteiger partial charge in [0.2, 0.25) is 0 Å². The maximum Gasteiger partial charge on any atom is 0.155 e. The second-order valence-corrected chi connectivity index (χ2v) is 7.52. The van der Waals surface area contributed by atoms with Gasteiger partial charge in [0.1, 0.15) is 11.1 Å². The van der Waals surface area contributed by atoms with Crippen LogP contribution in [0.15, 0.2) is 24.3 Å². The molecule has 0 spiro atoms. The number of aromatic amines is 1. The van der Waals surface area contributed by atoms with E-state index >= 15 is 0 Å². The molecule has 1 fully saturated rings. The van der Waals surface area contributed by atoms with E-state index in [0.717, 1.165) is 41.8 Å². The molecule has 0 amide bonds. The number of benzene rings is 1. The molecule has 0 aliphatic carbocycles. The molecule has 1 N–H and O–H groups in total. The van der Waals surface area contributed by atoms with Gasteiger partial charge in [0.15, 0.2) is 11.6 Å². The number of thiazole rings is 1. The summed E-state index contributed by atoms with van der Waals surface area (Å²) in [5.41, 5.74) is 1.08. The lowest BCUT2D eigenvalue weighted by Crippen LogP contribution is -2.38. The molecule has 0 saturated carbocycles. The normalized spacial score (nSPS) is 19.4. The summed E-state index contributed by atoms with van der Waals surface area (Å²) in [6.07, 6.45) is -0.0480. The molecule has 0 bridgehead atoms. The van der Waals surface area contributed by atoms with Gasteiger partial charge in [-0.3, -0.25) is 10.00 Å². The van der Waals surface area contributed by atoms with E-state index in [4.69, 9.17) is 9.72 Å². The van der Waals surface area contributed by atoms with Crippen molar-refractivity contribution < 1.29 is 4.74 Å². The number of rotatable bonds is 4. The average Bonchev–Trinajstić information content (AvgIpc) is 3.21. The highest BCUT2D eigenvalue weighted by molar-refractivity contribution is 7.18. The van der Waals surface area contributed by atoms with E-state index in [2.05, 4.69) is 52.1 Å². The van der Waals surface area contributed by atoms with Gasteiger partial charge in [0, 0.05) is 19.0 Å². The molecule has 1 aromatic carbocycles. The second kappa shape index (κ2) is 6.58. The summed E-state index contributed by atoms with van der Waals surface area (Å²) < 4.78 is 7.14. The van der Waals surface area contributed by atoms with E-state index in [-0.39, 0.29) is 6.10 Å². The molecule has 0 radical (unpaired) electrons. The fourth-order valence-corrected chi connectivity index (χ4v) is 3.89. The van der Waals surface area contributed by atoms with Crippen LogP contribution in [-0.2, 0) is 11.3 Å². The van der Waals surface area contributed by atoms with Crippen molar-refractivity contribution >= 4 is 21.6 Å². The van der Waals surface area contributed by atoms with Crippen molar-refractivity contribution in [3.8, 4) is 0 Å². The molecule has 6 nitrogen and oxygen atoms in total. The van der Waals surface area contributed by atoms with Crippen LogP contribution in [0.2, 0.25) is 0 Å². The minimum Gasteiger partial charge on any atom is -0.368 e. The maximum absolute atomic E-state index is 5.89. The Kier molecular flexibility index (Phi) is 4.30. The van der Waals surface area contributed by atoms with Gasteiger partial charge < -0.3 is 4.74 Å². The van der Waals surface area contributed by atoms with Gasteiger partial charge in [-0.2, -0.15) is 5.10 Å². The first kappa shape index (κ1) is 15.7. The van der Waals surface area contributed by atoms with Crippen LogP contribution in [0.3, 0.4) is 0 Å². The van der Waals surface area contributed by atoms with Gasteiger partial charge in [-0.05, 0) is 12.1 Å². The SMILES string of the molecule is CC(C)c1n[nH]c([C@@H]2CN(Cc3nc4ccccc4s3)CCO2)n1. The fraction of sp³-hybridized carbons (Fsp3) is 0.471. The van der Waals surface area contributed by atoms with Crippen molar-refractivity contribution in [2.24, 2.45) is 0 Å². The predicted molar refractivity (Wildman–Crippen MR) is 94.1 cm³/mol. The van der Waals surface area contributed by atoms with Gasteiger partial charge in [0.25, 0.3) is 0 Å². The van der Waals surface area contributed by atoms with Gasteiger partial charge in [0.05, 0.1) is 23.4 Å². The Morgan fingerprint density at radius 2 is 2.21 bits per heavy atom. The van der Waals surface area contributed by atoms with E-state index in [0.29, 0.717) is 12.5 Å². The van der Waals surface area contributed by atoms with E-state index in [1.807, 2.05) is 6.07 Å². The number of aromatic nitrogens is 4. The topological polar surface area (TPSA) is 66.9 Å². The Labute approximate surface area is 144 Å². The number of morpholine rings is 1. The van der Waals surface area contributed by atoms with Gasteiger partial charge in [-0.15, -0.1) is 11.3 Å². The molecule has 2 aromatic heterocycles. The third-order valence-electron chi connectivity index (χ3n) is 4.19. The Balaban J connectivity index is 1.46. The van der Waals surface area contributed by atoms with Crippen LogP contribution < -0.4 is 0 Å². The largest absolute Gasteiger partial charge is 0.368 e. The second-order valence-electron chi connectivity index (χ2n) is 6.40. The summed E-state index contributed by atoms with van der Waals surface area (Å²) in [7, 11) is 0. The van der Waals surface area contributed by atoms with E-state index in [9.17, 15) is 0 Å². The van der Waals surface area contributed by atoms with Crippen LogP contribution in [0.25, 0.3) is 10.2 Å². The third kappa shape index (κ3) is 3.19. The van der Waals surface area contributed by atoms with Gasteiger partial charge >= 0.3 is 0 Å². The molecular weight excluding hydrogens is 322 g/mol. The lowest BCUT2D eigenvalue weighted by Gasteiger charge is -2.31. The number of hydrogen-bond acceptors (Lipinski definition) is 6. The summed E-state index contributed by atoms with van der Waals surface area (Å²) in [5, 5.41) is 8.47. The lowest BCUT2D eigenvalue weighted by atomic mass is 10.2. The van der Waals surface area contributed by atoms with Crippen molar-refractivity contribution in [2.75, 3.05) is 19.7 Å². The fourth-order valence-electron chi connectivity index (χ4n) is 2.88. The van der Waals surface area contributed by atoms with E-state index in [1.165, 1.54) is 4.70 Å². The molecule has 1 saturated heterocycles. The lowest BCUT2D eigenvalue weighted by molar-refractivity contribution is -0.0370. The third-order valence-corrected chi connectivity index (χ3v) is 5.21. The molecule has 4 rings (SSSR count). The molecular formula is C17H21N5OS. The molecule has 3 heterocycles. The van der Waals surface area contributed by atoms with Crippen LogP contribution in [0, 0.1) is 0 Å². The summed E-state index contributed by atoms with van der Waals surface area (Å²) in [5.74, 6) is 1.99. The summed E-state index contributed by atoms with van der Waals surface area (Å²) in [6.45, 7) is 7.46. The van der Waals surface area contributed by atoms with Gasteiger partial charge in [-0.1, -0.05) is 26.0 Å². The number of nitrogens with one attached hydrogen (secondary N) is 1. The average molecular weight is 343 g/mol. The molecule has 3 aromatic rings. The first-order valence-electron chi connectivity index (χ1n) is 8.29. The number of hydrogen-bond donors (Lipinski definition) is 1. The number of nitrogens with zero attached hydrogens (tertiary/aromatic N) is 4. The Bertz CT molecular complexity index is 794. The summed E-state index contributed by atoms with van der Waals surface area (Å²) in [6, 6.07) is 8.29. The molecule has 1 atom stereocenters. The first-order valence-corrected chi connectivity index (χ1v) is 9.11. The van der Waals surface area contributed by atoms with Crippen molar-refractivity contribution in [2.45, 2.75) is 32.4 Å². The molecule has 0 unspecified atom stereocenters. The highest BCUT2D eigenvalue weighted by Gasteiger charge is 2.26. The first-order chi connectivity index (χ1) is 11.7.